The summed E-state index contributed by atoms with van der Waals surface area (Å²) in [5.41, 5.74) is 6.36. The molecule has 2 aliphatic rings. The van der Waals surface area contributed by atoms with E-state index in [2.05, 4.69) is 29.1 Å². The van der Waals surface area contributed by atoms with Gasteiger partial charge in [0.05, 0.1) is 13.2 Å². The Morgan fingerprint density at radius 1 is 1.22 bits per heavy atom. The second kappa shape index (κ2) is 10.7. The van der Waals surface area contributed by atoms with E-state index < -0.39 is 0 Å². The highest BCUT2D eigenvalue weighted by molar-refractivity contribution is 14.0. The standard InChI is InChI=1S/C17H34N4O.HI/c1-15(2)12-19-16(18)20-13-17(6-4-3-5-7-17)14-21-8-10-22-11-9-21;/h15H,3-14H2,1-2H3,(H3,18,19,20);1H. The van der Waals surface area contributed by atoms with Crippen molar-refractivity contribution in [1.29, 1.82) is 0 Å². The molecule has 3 N–H and O–H groups in total. The fraction of sp³-hybridized carbons (Fsp3) is 0.941. The summed E-state index contributed by atoms with van der Waals surface area (Å²) in [5.74, 6) is 1.20. The quantitative estimate of drug-likeness (QED) is 0.380. The van der Waals surface area contributed by atoms with Crippen LogP contribution in [0.1, 0.15) is 46.0 Å². The van der Waals surface area contributed by atoms with Gasteiger partial charge >= 0.3 is 0 Å². The van der Waals surface area contributed by atoms with Crippen molar-refractivity contribution < 1.29 is 4.74 Å². The van der Waals surface area contributed by atoms with Gasteiger partial charge in [0.1, 0.15) is 0 Å². The molecule has 0 radical (unpaired) electrons. The van der Waals surface area contributed by atoms with Gasteiger partial charge in [-0.2, -0.15) is 0 Å². The number of hydrogen-bond donors (Lipinski definition) is 2. The first-order valence-electron chi connectivity index (χ1n) is 8.94. The molecular weight excluding hydrogens is 403 g/mol. The summed E-state index contributed by atoms with van der Waals surface area (Å²) < 4.78 is 5.48. The predicted molar refractivity (Wildman–Crippen MR) is 108 cm³/mol. The number of rotatable bonds is 6. The van der Waals surface area contributed by atoms with E-state index in [1.807, 2.05) is 0 Å². The molecule has 6 heteroatoms. The Kier molecular flexibility index (Phi) is 9.77. The second-order valence-corrected chi connectivity index (χ2v) is 7.43. The van der Waals surface area contributed by atoms with Crippen molar-refractivity contribution in [2.45, 2.75) is 46.0 Å². The third-order valence-corrected chi connectivity index (χ3v) is 4.85. The van der Waals surface area contributed by atoms with Crippen LogP contribution in [0.5, 0.6) is 0 Å². The van der Waals surface area contributed by atoms with Crippen molar-refractivity contribution in [1.82, 2.24) is 10.2 Å². The van der Waals surface area contributed by atoms with E-state index in [0.717, 1.165) is 45.9 Å². The van der Waals surface area contributed by atoms with Gasteiger partial charge in [-0.1, -0.05) is 33.1 Å². The van der Waals surface area contributed by atoms with Crippen LogP contribution in [0, 0.1) is 11.3 Å². The maximum absolute atomic E-state index is 6.04. The minimum Gasteiger partial charge on any atom is -0.379 e. The molecule has 23 heavy (non-hydrogen) atoms. The molecule has 0 amide bonds. The van der Waals surface area contributed by atoms with Gasteiger partial charge < -0.3 is 15.8 Å². The molecule has 2 rings (SSSR count). The van der Waals surface area contributed by atoms with Gasteiger partial charge in [0.15, 0.2) is 5.96 Å². The van der Waals surface area contributed by atoms with Crippen molar-refractivity contribution in [3.63, 3.8) is 0 Å². The SMILES string of the molecule is CC(C)CNC(N)=NCC1(CN2CCOCC2)CCCCC1.I. The summed E-state index contributed by atoms with van der Waals surface area (Å²) in [6, 6.07) is 0. The molecule has 0 aromatic heterocycles. The largest absolute Gasteiger partial charge is 0.379 e. The molecule has 1 aliphatic carbocycles. The third-order valence-electron chi connectivity index (χ3n) is 4.85. The molecule has 1 heterocycles. The average molecular weight is 438 g/mol. The lowest BCUT2D eigenvalue weighted by Gasteiger charge is -2.41. The number of morpholine rings is 1. The Labute approximate surface area is 158 Å². The van der Waals surface area contributed by atoms with Crippen molar-refractivity contribution >= 4 is 29.9 Å². The van der Waals surface area contributed by atoms with Gasteiger partial charge in [0.2, 0.25) is 0 Å². The highest BCUT2D eigenvalue weighted by Crippen LogP contribution is 2.37. The summed E-state index contributed by atoms with van der Waals surface area (Å²) in [6.07, 6.45) is 6.60. The molecule has 0 aromatic rings. The van der Waals surface area contributed by atoms with Crippen LogP contribution >= 0.6 is 24.0 Å². The molecule has 136 valence electrons. The predicted octanol–water partition coefficient (Wildman–Crippen LogP) is 2.45. The number of aliphatic imine (C=N–C) groups is 1. The van der Waals surface area contributed by atoms with Crippen molar-refractivity contribution in [2.75, 3.05) is 45.9 Å². The number of ether oxygens (including phenoxy) is 1. The molecule has 0 atom stereocenters. The van der Waals surface area contributed by atoms with E-state index in [4.69, 9.17) is 10.5 Å². The minimum atomic E-state index is 0. The summed E-state index contributed by atoms with van der Waals surface area (Å²) in [7, 11) is 0. The Morgan fingerprint density at radius 2 is 1.87 bits per heavy atom. The van der Waals surface area contributed by atoms with Gasteiger partial charge in [-0.05, 0) is 18.8 Å². The van der Waals surface area contributed by atoms with E-state index in [1.165, 1.54) is 32.1 Å². The number of nitrogens with two attached hydrogens (primary N) is 1. The molecule has 1 saturated heterocycles. The zero-order valence-electron chi connectivity index (χ0n) is 14.9. The van der Waals surface area contributed by atoms with Gasteiger partial charge in [-0.15, -0.1) is 24.0 Å². The summed E-state index contributed by atoms with van der Waals surface area (Å²) in [5, 5.41) is 3.24. The minimum absolute atomic E-state index is 0. The van der Waals surface area contributed by atoms with Crippen molar-refractivity contribution in [3.8, 4) is 0 Å². The number of hydrogen-bond acceptors (Lipinski definition) is 3. The monoisotopic (exact) mass is 438 g/mol. The fourth-order valence-electron chi connectivity index (χ4n) is 3.52. The van der Waals surface area contributed by atoms with E-state index in [9.17, 15) is 0 Å². The van der Waals surface area contributed by atoms with E-state index in [-0.39, 0.29) is 24.0 Å². The molecule has 5 nitrogen and oxygen atoms in total. The second-order valence-electron chi connectivity index (χ2n) is 7.43. The first kappa shape index (κ1) is 21.0. The first-order chi connectivity index (χ1) is 10.6. The van der Waals surface area contributed by atoms with Crippen LogP contribution in [0.15, 0.2) is 4.99 Å². The van der Waals surface area contributed by atoms with Crippen LogP contribution < -0.4 is 11.1 Å². The Balaban J connectivity index is 0.00000264. The van der Waals surface area contributed by atoms with Gasteiger partial charge in [0, 0.05) is 38.1 Å². The van der Waals surface area contributed by atoms with Crippen molar-refractivity contribution in [2.24, 2.45) is 22.1 Å². The Bertz CT molecular complexity index is 351. The van der Waals surface area contributed by atoms with Gasteiger partial charge in [-0.3, -0.25) is 9.89 Å². The van der Waals surface area contributed by atoms with Crippen molar-refractivity contribution in [3.05, 3.63) is 0 Å². The Hall–Kier alpha value is -0.0800. The first-order valence-corrected chi connectivity index (χ1v) is 8.94. The van der Waals surface area contributed by atoms with Crippen LogP contribution in [0.3, 0.4) is 0 Å². The van der Waals surface area contributed by atoms with Crippen LogP contribution in [0.4, 0.5) is 0 Å². The van der Waals surface area contributed by atoms with E-state index >= 15 is 0 Å². The highest BCUT2D eigenvalue weighted by atomic mass is 127. The maximum Gasteiger partial charge on any atom is 0.188 e. The lowest BCUT2D eigenvalue weighted by atomic mass is 9.73. The average Bonchev–Trinajstić information content (AvgIpc) is 2.53. The molecule has 1 aliphatic heterocycles. The normalized spacial score (nSPS) is 22.7. The lowest BCUT2D eigenvalue weighted by molar-refractivity contribution is 0.00938. The fourth-order valence-corrected chi connectivity index (χ4v) is 3.52. The number of nitrogens with zero attached hydrogens (tertiary/aromatic N) is 2. The summed E-state index contributed by atoms with van der Waals surface area (Å²) in [6.45, 7) is 11.1. The Morgan fingerprint density at radius 3 is 2.48 bits per heavy atom. The number of guanidine groups is 1. The number of nitrogens with one attached hydrogen (secondary N) is 1. The molecule has 0 unspecified atom stereocenters. The van der Waals surface area contributed by atoms with Gasteiger partial charge in [-0.25, -0.2) is 0 Å². The zero-order valence-corrected chi connectivity index (χ0v) is 17.2. The highest BCUT2D eigenvalue weighted by Gasteiger charge is 2.34. The molecular formula is C17H35IN4O. The molecule has 0 aromatic carbocycles. The van der Waals surface area contributed by atoms with Crippen LogP contribution in [0.25, 0.3) is 0 Å². The molecule has 0 bridgehead atoms. The topological polar surface area (TPSA) is 62.9 Å². The lowest BCUT2D eigenvalue weighted by Crippen LogP contribution is -2.46. The van der Waals surface area contributed by atoms with Crippen LogP contribution in [0.2, 0.25) is 0 Å². The van der Waals surface area contributed by atoms with E-state index in [1.54, 1.807) is 0 Å². The smallest absolute Gasteiger partial charge is 0.188 e. The third kappa shape index (κ3) is 7.56. The van der Waals surface area contributed by atoms with Crippen LogP contribution in [-0.4, -0.2) is 56.8 Å². The van der Waals surface area contributed by atoms with Gasteiger partial charge in [0.25, 0.3) is 0 Å². The summed E-state index contributed by atoms with van der Waals surface area (Å²) >= 11 is 0. The summed E-state index contributed by atoms with van der Waals surface area (Å²) in [4.78, 5) is 7.24. The molecule has 1 saturated carbocycles. The zero-order chi connectivity index (χ0) is 15.8. The molecule has 2 fully saturated rings. The number of halogens is 1. The van der Waals surface area contributed by atoms with Crippen LogP contribution in [-0.2, 0) is 4.74 Å². The maximum atomic E-state index is 6.04. The van der Waals surface area contributed by atoms with E-state index in [0.29, 0.717) is 17.3 Å². The molecule has 0 spiro atoms.